The lowest BCUT2D eigenvalue weighted by atomic mass is 10.1. The van der Waals surface area contributed by atoms with Crippen LogP contribution < -0.4 is 5.56 Å². The summed E-state index contributed by atoms with van der Waals surface area (Å²) in [5.41, 5.74) is 0.694. The monoisotopic (exact) mass is 180 g/mol. The molecule has 1 fully saturated rings. The number of H-pyrrole nitrogens is 1. The van der Waals surface area contributed by atoms with E-state index < -0.39 is 0 Å². The molecular formula is C9H12N2O2. The van der Waals surface area contributed by atoms with Crippen molar-refractivity contribution in [1.29, 1.82) is 0 Å². The second-order valence-electron chi connectivity index (χ2n) is 3.33. The molecule has 4 heteroatoms. The Bertz CT molecular complexity index is 353. The Kier molecular flexibility index (Phi) is 2.14. The normalized spacial score (nSPS) is 22.1. The van der Waals surface area contributed by atoms with E-state index in [0.29, 0.717) is 6.61 Å². The van der Waals surface area contributed by atoms with E-state index in [1.165, 1.54) is 6.07 Å². The summed E-state index contributed by atoms with van der Waals surface area (Å²) in [6.07, 6.45) is 0.951. The first kappa shape index (κ1) is 8.44. The predicted molar refractivity (Wildman–Crippen MR) is 47.8 cm³/mol. The van der Waals surface area contributed by atoms with Crippen LogP contribution in [-0.2, 0) is 4.74 Å². The number of hydrogen-bond donors (Lipinski definition) is 1. The Morgan fingerprint density at radius 1 is 1.69 bits per heavy atom. The zero-order valence-electron chi connectivity index (χ0n) is 7.54. The maximum atomic E-state index is 11.1. The fourth-order valence-corrected chi connectivity index (χ4v) is 1.55. The number of aromatic amines is 1. The summed E-state index contributed by atoms with van der Waals surface area (Å²) >= 11 is 0. The average molecular weight is 180 g/mol. The van der Waals surface area contributed by atoms with E-state index in [-0.39, 0.29) is 11.5 Å². The van der Waals surface area contributed by atoms with Gasteiger partial charge in [0.15, 0.2) is 0 Å². The summed E-state index contributed by atoms with van der Waals surface area (Å²) < 4.78 is 5.23. The highest BCUT2D eigenvalue weighted by atomic mass is 16.5. The molecule has 2 heterocycles. The fraction of sp³-hybridized carbons (Fsp3) is 0.556. The molecule has 0 amide bonds. The lowest BCUT2D eigenvalue weighted by molar-refractivity contribution is 0.193. The van der Waals surface area contributed by atoms with Crippen LogP contribution in [0.5, 0.6) is 0 Å². The number of aryl methyl sites for hydroxylation is 1. The van der Waals surface area contributed by atoms with Crippen LogP contribution in [0.4, 0.5) is 0 Å². The maximum Gasteiger partial charge on any atom is 0.251 e. The van der Waals surface area contributed by atoms with E-state index >= 15 is 0 Å². The van der Waals surface area contributed by atoms with Crippen LogP contribution in [-0.4, -0.2) is 23.2 Å². The SMILES string of the molecule is Cc1cc(=O)[nH]c(C2CCOC2)n1. The number of aromatic nitrogens is 2. The zero-order chi connectivity index (χ0) is 9.26. The molecule has 1 aliphatic heterocycles. The fourth-order valence-electron chi connectivity index (χ4n) is 1.55. The van der Waals surface area contributed by atoms with E-state index in [1.54, 1.807) is 0 Å². The Morgan fingerprint density at radius 3 is 3.15 bits per heavy atom. The van der Waals surface area contributed by atoms with Crippen LogP contribution >= 0.6 is 0 Å². The highest BCUT2D eigenvalue weighted by Crippen LogP contribution is 2.20. The smallest absolute Gasteiger partial charge is 0.251 e. The Labute approximate surface area is 76.0 Å². The van der Waals surface area contributed by atoms with Crippen molar-refractivity contribution in [1.82, 2.24) is 9.97 Å². The van der Waals surface area contributed by atoms with Gasteiger partial charge in [-0.05, 0) is 13.3 Å². The topological polar surface area (TPSA) is 55.0 Å². The van der Waals surface area contributed by atoms with Crippen molar-refractivity contribution >= 4 is 0 Å². The van der Waals surface area contributed by atoms with Crippen molar-refractivity contribution in [3.05, 3.63) is 27.9 Å². The predicted octanol–water partition coefficient (Wildman–Crippen LogP) is 0.582. The van der Waals surface area contributed by atoms with E-state index in [9.17, 15) is 4.79 Å². The number of nitrogens with zero attached hydrogens (tertiary/aromatic N) is 1. The summed E-state index contributed by atoms with van der Waals surface area (Å²) in [5, 5.41) is 0. The van der Waals surface area contributed by atoms with Crippen LogP contribution in [0.2, 0.25) is 0 Å². The Balaban J connectivity index is 2.33. The van der Waals surface area contributed by atoms with E-state index in [0.717, 1.165) is 24.5 Å². The minimum absolute atomic E-state index is 0.0746. The number of rotatable bonds is 1. The lowest BCUT2D eigenvalue weighted by Crippen LogP contribution is -2.14. The van der Waals surface area contributed by atoms with Crippen molar-refractivity contribution in [2.24, 2.45) is 0 Å². The largest absolute Gasteiger partial charge is 0.381 e. The highest BCUT2D eigenvalue weighted by molar-refractivity contribution is 5.05. The standard InChI is InChI=1S/C9H12N2O2/c1-6-4-8(12)11-9(10-6)7-2-3-13-5-7/h4,7H,2-3,5H2,1H3,(H,10,11,12). The van der Waals surface area contributed by atoms with Crippen molar-refractivity contribution in [3.8, 4) is 0 Å². The van der Waals surface area contributed by atoms with E-state index in [4.69, 9.17) is 4.74 Å². The molecule has 2 rings (SSSR count). The van der Waals surface area contributed by atoms with Gasteiger partial charge in [0.05, 0.1) is 6.61 Å². The molecule has 1 N–H and O–H groups in total. The zero-order valence-corrected chi connectivity index (χ0v) is 7.54. The maximum absolute atomic E-state index is 11.1. The summed E-state index contributed by atoms with van der Waals surface area (Å²) in [6.45, 7) is 3.27. The number of nitrogens with one attached hydrogen (secondary N) is 1. The molecule has 1 unspecified atom stereocenters. The van der Waals surface area contributed by atoms with Crippen LogP contribution in [0, 0.1) is 6.92 Å². The minimum atomic E-state index is -0.0746. The van der Waals surface area contributed by atoms with Gasteiger partial charge in [-0.1, -0.05) is 0 Å². The first-order valence-corrected chi connectivity index (χ1v) is 4.41. The van der Waals surface area contributed by atoms with E-state index in [1.807, 2.05) is 6.92 Å². The summed E-state index contributed by atoms with van der Waals surface area (Å²) in [7, 11) is 0. The minimum Gasteiger partial charge on any atom is -0.381 e. The van der Waals surface area contributed by atoms with Crippen molar-refractivity contribution in [2.45, 2.75) is 19.3 Å². The molecule has 1 saturated heterocycles. The van der Waals surface area contributed by atoms with Crippen LogP contribution in [0.25, 0.3) is 0 Å². The van der Waals surface area contributed by atoms with Gasteiger partial charge in [-0.25, -0.2) is 4.98 Å². The van der Waals surface area contributed by atoms with E-state index in [2.05, 4.69) is 9.97 Å². The highest BCUT2D eigenvalue weighted by Gasteiger charge is 2.19. The summed E-state index contributed by atoms with van der Waals surface area (Å²) in [4.78, 5) is 18.2. The molecule has 70 valence electrons. The number of ether oxygens (including phenoxy) is 1. The number of hydrogen-bond acceptors (Lipinski definition) is 3. The second kappa shape index (κ2) is 3.30. The molecule has 1 aliphatic rings. The molecule has 0 spiro atoms. The average Bonchev–Trinajstić information content (AvgIpc) is 2.53. The molecule has 0 bridgehead atoms. The molecular weight excluding hydrogens is 168 g/mol. The van der Waals surface area contributed by atoms with Gasteiger partial charge in [0.25, 0.3) is 5.56 Å². The van der Waals surface area contributed by atoms with Crippen molar-refractivity contribution < 1.29 is 4.74 Å². The molecule has 0 aromatic carbocycles. The molecule has 1 aromatic rings. The Hall–Kier alpha value is -1.16. The third-order valence-electron chi connectivity index (χ3n) is 2.20. The van der Waals surface area contributed by atoms with Crippen LogP contribution in [0.15, 0.2) is 10.9 Å². The summed E-state index contributed by atoms with van der Waals surface area (Å²) in [5.74, 6) is 1.04. The molecule has 0 radical (unpaired) electrons. The first-order valence-electron chi connectivity index (χ1n) is 4.41. The third-order valence-corrected chi connectivity index (χ3v) is 2.20. The van der Waals surface area contributed by atoms with Gasteiger partial charge in [-0.2, -0.15) is 0 Å². The van der Waals surface area contributed by atoms with Gasteiger partial charge in [0.2, 0.25) is 0 Å². The summed E-state index contributed by atoms with van der Waals surface area (Å²) in [6, 6.07) is 1.50. The molecule has 4 nitrogen and oxygen atoms in total. The van der Waals surface area contributed by atoms with Crippen LogP contribution in [0.1, 0.15) is 23.9 Å². The van der Waals surface area contributed by atoms with Gasteiger partial charge in [0, 0.05) is 24.3 Å². The van der Waals surface area contributed by atoms with Gasteiger partial charge in [0.1, 0.15) is 5.82 Å². The van der Waals surface area contributed by atoms with Crippen molar-refractivity contribution in [3.63, 3.8) is 0 Å². The Morgan fingerprint density at radius 2 is 2.54 bits per heavy atom. The van der Waals surface area contributed by atoms with Gasteiger partial charge >= 0.3 is 0 Å². The molecule has 1 atom stereocenters. The molecule has 1 aromatic heterocycles. The molecule has 0 aliphatic carbocycles. The van der Waals surface area contributed by atoms with Gasteiger partial charge in [-0.15, -0.1) is 0 Å². The van der Waals surface area contributed by atoms with Crippen molar-refractivity contribution in [2.75, 3.05) is 13.2 Å². The lowest BCUT2D eigenvalue weighted by Gasteiger charge is -2.06. The van der Waals surface area contributed by atoms with Gasteiger partial charge in [-0.3, -0.25) is 4.79 Å². The van der Waals surface area contributed by atoms with Crippen LogP contribution in [0.3, 0.4) is 0 Å². The first-order chi connectivity index (χ1) is 6.25. The molecule has 13 heavy (non-hydrogen) atoms. The third kappa shape index (κ3) is 1.78. The quantitative estimate of drug-likeness (QED) is 0.687. The van der Waals surface area contributed by atoms with Gasteiger partial charge < -0.3 is 9.72 Å². The second-order valence-corrected chi connectivity index (χ2v) is 3.33. The molecule has 0 saturated carbocycles.